The van der Waals surface area contributed by atoms with Gasteiger partial charge >= 0.3 is 5.97 Å². The van der Waals surface area contributed by atoms with Gasteiger partial charge in [-0.15, -0.1) is 0 Å². The highest BCUT2D eigenvalue weighted by Crippen LogP contribution is 2.21. The number of nitrogens with one attached hydrogen (secondary N) is 3. The quantitative estimate of drug-likeness (QED) is 0.103. The normalized spacial score (nSPS) is 16.7. The highest BCUT2D eigenvalue weighted by molar-refractivity contribution is 5.94. The predicted molar refractivity (Wildman–Crippen MR) is 137 cm³/mol. The number of aromatic nitrogens is 1. The zero-order valence-electron chi connectivity index (χ0n) is 20.5. The molecule has 3 unspecified atom stereocenters. The minimum absolute atomic E-state index is 0.0363. The van der Waals surface area contributed by atoms with Crippen LogP contribution in [0.5, 0.6) is 0 Å². The van der Waals surface area contributed by atoms with E-state index in [-0.39, 0.29) is 18.3 Å². The van der Waals surface area contributed by atoms with E-state index in [1.54, 1.807) is 6.20 Å². The molecule has 0 aliphatic carbocycles. The van der Waals surface area contributed by atoms with Gasteiger partial charge in [-0.2, -0.15) is 0 Å². The summed E-state index contributed by atoms with van der Waals surface area (Å²) in [6, 6.07) is 4.87. The molecule has 1 aromatic carbocycles. The predicted octanol–water partition coefficient (Wildman–Crippen LogP) is -1.23. The molecule has 3 rings (SSSR count). The SMILES string of the molecule is NC(N)=NCCCC(N)C(=O)N1CCCC1C(=O)NC(Cc1c[nH]c2ccccc12)C(=O)NCC(=O)O. The van der Waals surface area contributed by atoms with Crippen molar-refractivity contribution >= 4 is 40.6 Å². The Morgan fingerprint density at radius 2 is 1.97 bits per heavy atom. The van der Waals surface area contributed by atoms with Gasteiger partial charge in [-0.1, -0.05) is 18.2 Å². The molecule has 0 spiro atoms. The standard InChI is InChI=1S/C24H34N8O5/c25-16(6-3-9-28-24(26)27)23(37)32-10-4-8-19(32)22(36)31-18(21(35)30-13-20(33)34)11-14-12-29-17-7-2-1-5-15(14)17/h1-2,5,7,12,16,18-19,29H,3-4,6,8-11,13,25H2,(H,30,35)(H,31,36)(H,33,34)(H4,26,27,28). The van der Waals surface area contributed by atoms with E-state index < -0.39 is 42.5 Å². The number of guanidine groups is 1. The summed E-state index contributed by atoms with van der Waals surface area (Å²) in [6.07, 6.45) is 3.78. The lowest BCUT2D eigenvalue weighted by Crippen LogP contribution is -2.56. The maximum absolute atomic E-state index is 13.3. The fourth-order valence-electron chi connectivity index (χ4n) is 4.44. The number of carbonyl (C=O) groups is 4. The Kier molecular flexibility index (Phi) is 9.44. The molecule has 1 fully saturated rings. The summed E-state index contributed by atoms with van der Waals surface area (Å²) in [5.41, 5.74) is 18.3. The Balaban J connectivity index is 1.69. The smallest absolute Gasteiger partial charge is 0.322 e. The number of benzene rings is 1. The average molecular weight is 515 g/mol. The largest absolute Gasteiger partial charge is 0.480 e. The summed E-state index contributed by atoms with van der Waals surface area (Å²) in [4.78, 5) is 58.5. The van der Waals surface area contributed by atoms with E-state index >= 15 is 0 Å². The fourth-order valence-corrected chi connectivity index (χ4v) is 4.44. The Bertz CT molecular complexity index is 1160. The molecule has 2 aromatic rings. The minimum Gasteiger partial charge on any atom is -0.480 e. The summed E-state index contributed by atoms with van der Waals surface area (Å²) >= 11 is 0. The second kappa shape index (κ2) is 12.7. The number of H-pyrrole nitrogens is 1. The minimum atomic E-state index is -1.20. The molecule has 10 N–H and O–H groups in total. The lowest BCUT2D eigenvalue weighted by atomic mass is 10.0. The van der Waals surface area contributed by atoms with E-state index in [1.807, 2.05) is 24.3 Å². The van der Waals surface area contributed by atoms with Crippen LogP contribution in [0, 0.1) is 0 Å². The van der Waals surface area contributed by atoms with Crippen LogP contribution in [0.1, 0.15) is 31.2 Å². The molecule has 1 aliphatic heterocycles. The summed E-state index contributed by atoms with van der Waals surface area (Å²) in [6.45, 7) is 0.132. The first kappa shape index (κ1) is 27.5. The van der Waals surface area contributed by atoms with Crippen molar-refractivity contribution in [1.82, 2.24) is 20.5 Å². The number of aliphatic carboxylic acids is 1. The molecule has 13 heteroatoms. The van der Waals surface area contributed by atoms with Gasteiger partial charge in [-0.25, -0.2) is 0 Å². The number of aliphatic imine (C=N–C) groups is 1. The molecule has 13 nitrogen and oxygen atoms in total. The number of nitrogens with zero attached hydrogens (tertiary/aromatic N) is 2. The third-order valence-corrected chi connectivity index (χ3v) is 6.27. The number of carboxylic acids is 1. The van der Waals surface area contributed by atoms with Crippen molar-refractivity contribution < 1.29 is 24.3 Å². The number of fused-ring (bicyclic) bond motifs is 1. The molecule has 1 saturated heterocycles. The van der Waals surface area contributed by atoms with Gasteiger partial charge in [0.05, 0.1) is 6.04 Å². The Morgan fingerprint density at radius 3 is 2.70 bits per heavy atom. The van der Waals surface area contributed by atoms with Crippen molar-refractivity contribution in [3.63, 3.8) is 0 Å². The molecule has 2 heterocycles. The van der Waals surface area contributed by atoms with Crippen molar-refractivity contribution in [3.05, 3.63) is 36.0 Å². The first-order valence-corrected chi connectivity index (χ1v) is 12.1. The second-order valence-electron chi connectivity index (χ2n) is 8.98. The highest BCUT2D eigenvalue weighted by atomic mass is 16.4. The number of likely N-dealkylation sites (tertiary alicyclic amines) is 1. The van der Waals surface area contributed by atoms with Crippen LogP contribution in [-0.2, 0) is 25.6 Å². The molecule has 0 saturated carbocycles. The number of carboxylic acid groups (broad SMARTS) is 1. The van der Waals surface area contributed by atoms with Crippen molar-refractivity contribution in [1.29, 1.82) is 0 Å². The number of nitrogens with two attached hydrogens (primary N) is 3. The fraction of sp³-hybridized carbons (Fsp3) is 0.458. The van der Waals surface area contributed by atoms with Gasteiger partial charge < -0.3 is 42.8 Å². The number of carbonyl (C=O) groups excluding carboxylic acids is 3. The zero-order chi connectivity index (χ0) is 26.9. The lowest BCUT2D eigenvalue weighted by molar-refractivity contribution is -0.141. The Hall–Kier alpha value is -4.13. The Labute approximate surface area is 213 Å². The van der Waals surface area contributed by atoms with E-state index in [0.717, 1.165) is 16.5 Å². The second-order valence-corrected chi connectivity index (χ2v) is 8.98. The average Bonchev–Trinajstić information content (AvgIpc) is 3.51. The highest BCUT2D eigenvalue weighted by Gasteiger charge is 2.37. The van der Waals surface area contributed by atoms with Gasteiger partial charge in [0.15, 0.2) is 5.96 Å². The Morgan fingerprint density at radius 1 is 1.22 bits per heavy atom. The summed E-state index contributed by atoms with van der Waals surface area (Å²) < 4.78 is 0. The van der Waals surface area contributed by atoms with Crippen LogP contribution in [0.25, 0.3) is 10.9 Å². The van der Waals surface area contributed by atoms with E-state index in [9.17, 15) is 19.2 Å². The van der Waals surface area contributed by atoms with Crippen molar-refractivity contribution in [3.8, 4) is 0 Å². The van der Waals surface area contributed by atoms with Gasteiger partial charge in [0.2, 0.25) is 17.7 Å². The molecular formula is C24H34N8O5. The summed E-state index contributed by atoms with van der Waals surface area (Å²) in [5.74, 6) is -2.72. The molecule has 3 amide bonds. The van der Waals surface area contributed by atoms with Crippen molar-refractivity contribution in [2.75, 3.05) is 19.6 Å². The van der Waals surface area contributed by atoms with Crippen LogP contribution in [0.3, 0.4) is 0 Å². The van der Waals surface area contributed by atoms with Crippen LogP contribution in [0.2, 0.25) is 0 Å². The first-order chi connectivity index (χ1) is 17.7. The van der Waals surface area contributed by atoms with E-state index in [2.05, 4.69) is 20.6 Å². The van der Waals surface area contributed by atoms with E-state index in [4.69, 9.17) is 22.3 Å². The molecular weight excluding hydrogens is 480 g/mol. The van der Waals surface area contributed by atoms with Crippen LogP contribution in [0.4, 0.5) is 0 Å². The maximum Gasteiger partial charge on any atom is 0.322 e. The number of hydrogen-bond donors (Lipinski definition) is 7. The summed E-state index contributed by atoms with van der Waals surface area (Å²) in [5, 5.41) is 14.9. The van der Waals surface area contributed by atoms with Gasteiger partial charge in [0.1, 0.15) is 18.6 Å². The molecule has 0 radical (unpaired) electrons. The number of amides is 3. The first-order valence-electron chi connectivity index (χ1n) is 12.1. The van der Waals surface area contributed by atoms with Crippen molar-refractivity contribution in [2.24, 2.45) is 22.2 Å². The third kappa shape index (κ3) is 7.43. The zero-order valence-corrected chi connectivity index (χ0v) is 20.5. The van der Waals surface area contributed by atoms with Crippen molar-refractivity contribution in [2.45, 2.75) is 50.2 Å². The van der Waals surface area contributed by atoms with Crippen LogP contribution in [-0.4, -0.2) is 82.4 Å². The topological polar surface area (TPSA) is 222 Å². The van der Waals surface area contributed by atoms with Gasteiger partial charge in [-0.05, 0) is 37.3 Å². The van der Waals surface area contributed by atoms with Crippen LogP contribution >= 0.6 is 0 Å². The van der Waals surface area contributed by atoms with E-state index in [0.29, 0.717) is 38.8 Å². The van der Waals surface area contributed by atoms with E-state index in [1.165, 1.54) is 4.90 Å². The molecule has 3 atom stereocenters. The molecule has 1 aliphatic rings. The van der Waals surface area contributed by atoms with Crippen LogP contribution in [0.15, 0.2) is 35.5 Å². The number of para-hydroxylation sites is 1. The molecule has 200 valence electrons. The number of hydrogen-bond acceptors (Lipinski definition) is 6. The maximum atomic E-state index is 13.3. The van der Waals surface area contributed by atoms with Gasteiger partial charge in [0, 0.05) is 36.6 Å². The molecule has 37 heavy (non-hydrogen) atoms. The number of rotatable bonds is 12. The van der Waals surface area contributed by atoms with Crippen LogP contribution < -0.4 is 27.8 Å². The number of aromatic amines is 1. The summed E-state index contributed by atoms with van der Waals surface area (Å²) in [7, 11) is 0. The lowest BCUT2D eigenvalue weighted by Gasteiger charge is -2.28. The van der Waals surface area contributed by atoms with Gasteiger partial charge in [0.25, 0.3) is 0 Å². The third-order valence-electron chi connectivity index (χ3n) is 6.27. The van der Waals surface area contributed by atoms with Gasteiger partial charge in [-0.3, -0.25) is 24.2 Å². The monoisotopic (exact) mass is 514 g/mol. The molecule has 0 bridgehead atoms. The molecule has 1 aromatic heterocycles.